The molecule has 0 saturated carbocycles. The summed E-state index contributed by atoms with van der Waals surface area (Å²) in [5.41, 5.74) is -0.361. The van der Waals surface area contributed by atoms with Gasteiger partial charge in [-0.3, -0.25) is 4.72 Å². The van der Waals surface area contributed by atoms with E-state index in [-0.39, 0.29) is 42.0 Å². The second-order valence-electron chi connectivity index (χ2n) is 10.8. The maximum atomic E-state index is 14.9. The van der Waals surface area contributed by atoms with E-state index in [0.29, 0.717) is 28.8 Å². The predicted octanol–water partition coefficient (Wildman–Crippen LogP) is 6.13. The van der Waals surface area contributed by atoms with Crippen LogP contribution < -0.4 is 20.1 Å². The lowest BCUT2D eigenvalue weighted by Gasteiger charge is -2.33. The Hall–Kier alpha value is -4.11. The van der Waals surface area contributed by atoms with Gasteiger partial charge >= 0.3 is 6.18 Å². The fourth-order valence-electron chi connectivity index (χ4n) is 4.95. The summed E-state index contributed by atoms with van der Waals surface area (Å²) in [4.78, 5) is 13.2. The number of hydrogen-bond donors (Lipinski definition) is 3. The first-order chi connectivity index (χ1) is 20.7. The van der Waals surface area contributed by atoms with Gasteiger partial charge in [-0.2, -0.15) is 13.2 Å². The van der Waals surface area contributed by atoms with Gasteiger partial charge in [-0.1, -0.05) is 12.1 Å². The lowest BCUT2D eigenvalue weighted by molar-refractivity contribution is -0.129. The molecule has 1 fully saturated rings. The van der Waals surface area contributed by atoms with Gasteiger partial charge in [-0.05, 0) is 49.7 Å². The minimum atomic E-state index is -4.70. The van der Waals surface area contributed by atoms with Crippen molar-refractivity contribution in [3.63, 3.8) is 0 Å². The predicted molar refractivity (Wildman–Crippen MR) is 156 cm³/mol. The molecule has 9 nitrogen and oxygen atoms in total. The average Bonchev–Trinajstić information content (AvgIpc) is 2.94. The highest BCUT2D eigenvalue weighted by molar-refractivity contribution is 7.92. The third-order valence-corrected chi connectivity index (χ3v) is 8.26. The number of benzene rings is 2. The Balaban J connectivity index is 1.46. The number of pyridine rings is 1. The summed E-state index contributed by atoms with van der Waals surface area (Å²) >= 11 is 0. The molecule has 1 aliphatic heterocycles. The SMILES string of the molecule is Cc1ccc2c(NS(=O)(=O)CCC(F)(F)F)c(F)ccc2c1Oc1ncccc1-c1ccnc(NC2CNC[C@@](C)(F)C2)n1. The first-order valence-electron chi connectivity index (χ1n) is 13.6. The van der Waals surface area contributed by atoms with Crippen molar-refractivity contribution in [2.24, 2.45) is 0 Å². The highest BCUT2D eigenvalue weighted by atomic mass is 32.2. The van der Waals surface area contributed by atoms with E-state index in [0.717, 1.165) is 6.07 Å². The Kier molecular flexibility index (Phi) is 8.62. The molecule has 0 radical (unpaired) electrons. The number of fused-ring (bicyclic) bond motifs is 1. The molecule has 0 bridgehead atoms. The summed E-state index contributed by atoms with van der Waals surface area (Å²) in [6.07, 6.45) is -2.98. The molecule has 15 heteroatoms. The monoisotopic (exact) mass is 636 g/mol. The number of aryl methyl sites for hydroxylation is 1. The van der Waals surface area contributed by atoms with Gasteiger partial charge in [0.05, 0.1) is 29.1 Å². The Morgan fingerprint density at radius 3 is 2.61 bits per heavy atom. The first-order valence-corrected chi connectivity index (χ1v) is 15.3. The number of anilines is 2. The van der Waals surface area contributed by atoms with Crippen molar-refractivity contribution in [3.05, 3.63) is 66.2 Å². The fraction of sp³-hybridized carbons (Fsp3) is 0.345. The van der Waals surface area contributed by atoms with Gasteiger partial charge < -0.3 is 15.4 Å². The number of hydrogen-bond acceptors (Lipinski definition) is 8. The van der Waals surface area contributed by atoms with Crippen molar-refractivity contribution in [2.45, 2.75) is 44.6 Å². The van der Waals surface area contributed by atoms with Crippen molar-refractivity contribution in [2.75, 3.05) is 28.9 Å². The number of nitrogens with one attached hydrogen (secondary N) is 3. The Morgan fingerprint density at radius 1 is 1.09 bits per heavy atom. The number of ether oxygens (including phenoxy) is 1. The molecule has 1 unspecified atom stereocenters. The average molecular weight is 637 g/mol. The van der Waals surface area contributed by atoms with Crippen molar-refractivity contribution >= 4 is 32.4 Å². The van der Waals surface area contributed by atoms with Crippen molar-refractivity contribution in [1.29, 1.82) is 0 Å². The summed E-state index contributed by atoms with van der Waals surface area (Å²) in [5, 5.41) is 6.58. The molecule has 44 heavy (non-hydrogen) atoms. The molecule has 1 aliphatic rings. The highest BCUT2D eigenvalue weighted by Gasteiger charge is 2.32. The number of sulfonamides is 1. The van der Waals surface area contributed by atoms with E-state index < -0.39 is 45.5 Å². The Bertz CT molecular complexity index is 1790. The molecule has 2 aromatic heterocycles. The summed E-state index contributed by atoms with van der Waals surface area (Å²) < 4.78 is 100. The van der Waals surface area contributed by atoms with Crippen molar-refractivity contribution in [1.82, 2.24) is 20.3 Å². The lowest BCUT2D eigenvalue weighted by Crippen LogP contribution is -2.50. The molecule has 0 aliphatic carbocycles. The molecule has 0 amide bonds. The molecule has 1 saturated heterocycles. The van der Waals surface area contributed by atoms with E-state index in [4.69, 9.17) is 4.74 Å². The van der Waals surface area contributed by atoms with Crippen LogP contribution in [0.15, 0.2) is 54.9 Å². The summed E-state index contributed by atoms with van der Waals surface area (Å²) in [5.74, 6) is -1.61. The largest absolute Gasteiger partial charge is 0.437 e. The van der Waals surface area contributed by atoms with Crippen molar-refractivity contribution in [3.8, 4) is 22.9 Å². The van der Waals surface area contributed by atoms with Crippen LogP contribution in [0, 0.1) is 12.7 Å². The van der Waals surface area contributed by atoms with Gasteiger partial charge in [0.25, 0.3) is 0 Å². The lowest BCUT2D eigenvalue weighted by atomic mass is 9.95. The van der Waals surface area contributed by atoms with Crippen LogP contribution >= 0.6 is 0 Å². The molecule has 2 atom stereocenters. The molecular weight excluding hydrogens is 607 g/mol. The van der Waals surface area contributed by atoms with Gasteiger partial charge in [0, 0.05) is 48.7 Å². The van der Waals surface area contributed by atoms with E-state index >= 15 is 0 Å². The van der Waals surface area contributed by atoms with Crippen LogP contribution in [-0.4, -0.2) is 60.1 Å². The number of piperidine rings is 1. The smallest absolute Gasteiger partial charge is 0.390 e. The van der Waals surface area contributed by atoms with E-state index in [1.165, 1.54) is 31.5 Å². The Morgan fingerprint density at radius 2 is 1.86 bits per heavy atom. The third-order valence-electron chi connectivity index (χ3n) is 7.00. The number of halogens is 5. The zero-order valence-corrected chi connectivity index (χ0v) is 24.5. The minimum Gasteiger partial charge on any atom is -0.437 e. The van der Waals surface area contributed by atoms with Gasteiger partial charge in [-0.25, -0.2) is 32.2 Å². The summed E-state index contributed by atoms with van der Waals surface area (Å²) in [7, 11) is -4.54. The topological polar surface area (TPSA) is 118 Å². The molecule has 4 aromatic rings. The van der Waals surface area contributed by atoms with E-state index in [1.807, 2.05) is 4.72 Å². The van der Waals surface area contributed by atoms with Crippen LogP contribution in [0.2, 0.25) is 0 Å². The zero-order chi connectivity index (χ0) is 31.7. The maximum Gasteiger partial charge on any atom is 0.390 e. The molecule has 0 spiro atoms. The van der Waals surface area contributed by atoms with E-state index in [9.17, 15) is 30.4 Å². The molecular formula is C29H29F5N6O3S. The number of alkyl halides is 4. The van der Waals surface area contributed by atoms with E-state index in [2.05, 4.69) is 25.6 Å². The third kappa shape index (κ3) is 7.50. The highest BCUT2D eigenvalue weighted by Crippen LogP contribution is 2.40. The molecule has 3 N–H and O–H groups in total. The summed E-state index contributed by atoms with van der Waals surface area (Å²) in [6, 6.07) is 10.2. The van der Waals surface area contributed by atoms with Crippen LogP contribution in [-0.2, 0) is 10.0 Å². The van der Waals surface area contributed by atoms with Gasteiger partial charge in [0.15, 0.2) is 0 Å². The fourth-order valence-corrected chi connectivity index (χ4v) is 6.07. The van der Waals surface area contributed by atoms with Gasteiger partial charge in [0.2, 0.25) is 21.9 Å². The van der Waals surface area contributed by atoms with Crippen LogP contribution in [0.4, 0.5) is 33.6 Å². The van der Waals surface area contributed by atoms with E-state index in [1.54, 1.807) is 31.2 Å². The molecule has 3 heterocycles. The number of rotatable bonds is 9. The normalized spacial score (nSPS) is 19.1. The van der Waals surface area contributed by atoms with Crippen LogP contribution in [0.5, 0.6) is 11.6 Å². The Labute approximate surface area is 250 Å². The van der Waals surface area contributed by atoms with Gasteiger partial charge in [0.1, 0.15) is 17.2 Å². The van der Waals surface area contributed by atoms with Gasteiger partial charge in [-0.15, -0.1) is 0 Å². The second kappa shape index (κ2) is 12.1. The molecule has 2 aromatic carbocycles. The second-order valence-corrected chi connectivity index (χ2v) is 12.7. The quantitative estimate of drug-likeness (QED) is 0.188. The summed E-state index contributed by atoms with van der Waals surface area (Å²) in [6.45, 7) is 4.04. The maximum absolute atomic E-state index is 14.9. The number of nitrogens with zero attached hydrogens (tertiary/aromatic N) is 3. The van der Waals surface area contributed by atoms with Crippen LogP contribution in [0.25, 0.3) is 22.0 Å². The number of aromatic nitrogens is 3. The molecule has 234 valence electrons. The van der Waals surface area contributed by atoms with Crippen molar-refractivity contribution < 1.29 is 35.1 Å². The molecule has 5 rings (SSSR count). The first kappa shape index (κ1) is 31.3. The minimum absolute atomic E-state index is 0.0770. The standard InChI is InChI=1S/C29H29F5N6O3S/c1-17-5-6-19-20(7-8-22(30)24(19)40-44(41,42)13-10-29(32,33)34)25(17)43-26-21(4-3-11-36-26)23-9-12-37-27(39-23)38-18-14-28(2,31)16-35-15-18/h3-9,11-12,18,35,40H,10,13-16H2,1-2H3,(H,37,38,39)/t18?,28-/m0/s1. The van der Waals surface area contributed by atoms with Crippen LogP contribution in [0.1, 0.15) is 25.3 Å². The van der Waals surface area contributed by atoms with Crippen LogP contribution in [0.3, 0.4) is 0 Å². The zero-order valence-electron chi connectivity index (χ0n) is 23.7.